The molecular weight excluding hydrogens is 600 g/mol. The lowest BCUT2D eigenvalue weighted by molar-refractivity contribution is -0.376. The molecule has 0 aromatic rings. The number of aliphatic hydroxyl groups is 6. The van der Waals surface area contributed by atoms with Crippen LogP contribution >= 0.6 is 0 Å². The van der Waals surface area contributed by atoms with Gasteiger partial charge in [0.1, 0.15) is 62.0 Å². The minimum atomic E-state index is -1.87. The van der Waals surface area contributed by atoms with Gasteiger partial charge < -0.3 is 59.4 Å². The molecule has 7 N–H and O–H groups in total. The van der Waals surface area contributed by atoms with Crippen LogP contribution in [0.5, 0.6) is 0 Å². The molecule has 2 heterocycles. The first-order valence-electron chi connectivity index (χ1n) is 16.0. The summed E-state index contributed by atoms with van der Waals surface area (Å²) in [7, 11) is 0. The SMILES string of the molecule is CCCCCCCCCCCCCC(=O)OCC1O[C@@H](O[C@@H]2OC(COC(=O)CCC(=O)O)[C@H](O)C(O)C2O)C(O)[C@@H](O)[C@@H]1O. The second kappa shape index (κ2) is 21.0. The molecule has 15 heteroatoms. The number of aliphatic carboxylic acids is 1. The van der Waals surface area contributed by atoms with Gasteiger partial charge in [0.05, 0.1) is 12.8 Å². The van der Waals surface area contributed by atoms with Crippen LogP contribution in [0.25, 0.3) is 0 Å². The Morgan fingerprint density at radius 2 is 0.933 bits per heavy atom. The van der Waals surface area contributed by atoms with Crippen LogP contribution in [-0.4, -0.2) is 128 Å². The van der Waals surface area contributed by atoms with Crippen LogP contribution in [0.15, 0.2) is 0 Å². The number of esters is 2. The van der Waals surface area contributed by atoms with E-state index in [0.29, 0.717) is 6.42 Å². The summed E-state index contributed by atoms with van der Waals surface area (Å²) in [5, 5.41) is 70.7. The summed E-state index contributed by atoms with van der Waals surface area (Å²) in [6, 6.07) is 0. The number of hydrogen-bond acceptors (Lipinski definition) is 14. The van der Waals surface area contributed by atoms with Crippen LogP contribution in [0.4, 0.5) is 0 Å². The fourth-order valence-electron chi connectivity index (χ4n) is 5.10. The van der Waals surface area contributed by atoms with Crippen molar-refractivity contribution in [2.24, 2.45) is 0 Å². The molecule has 45 heavy (non-hydrogen) atoms. The number of carboxylic acids is 1. The summed E-state index contributed by atoms with van der Waals surface area (Å²) in [6.45, 7) is 1.10. The Kier molecular flexibility index (Phi) is 18.3. The first-order valence-corrected chi connectivity index (χ1v) is 16.0. The highest BCUT2D eigenvalue weighted by atomic mass is 16.8. The number of aliphatic hydroxyl groups excluding tert-OH is 6. The Morgan fingerprint density at radius 3 is 1.36 bits per heavy atom. The van der Waals surface area contributed by atoms with Crippen LogP contribution in [-0.2, 0) is 38.1 Å². The average Bonchev–Trinajstić information content (AvgIpc) is 3.01. The topological polar surface area (TPSA) is 239 Å². The fraction of sp³-hybridized carbons (Fsp3) is 0.900. The number of ether oxygens (including phenoxy) is 5. The van der Waals surface area contributed by atoms with Crippen molar-refractivity contribution in [2.75, 3.05) is 13.2 Å². The molecule has 0 saturated carbocycles. The normalized spacial score (nSPS) is 31.8. The zero-order valence-electron chi connectivity index (χ0n) is 26.0. The maximum atomic E-state index is 12.3. The third-order valence-corrected chi connectivity index (χ3v) is 7.95. The van der Waals surface area contributed by atoms with E-state index in [9.17, 15) is 45.0 Å². The number of carboxylic acid groups (broad SMARTS) is 1. The Bertz CT molecular complexity index is 872. The lowest BCUT2D eigenvalue weighted by atomic mass is 9.98. The Hall–Kier alpha value is -1.95. The molecule has 2 rings (SSSR count). The number of carbonyl (C=O) groups excluding carboxylic acids is 2. The first-order chi connectivity index (χ1) is 21.5. The van der Waals surface area contributed by atoms with Crippen molar-refractivity contribution >= 4 is 17.9 Å². The molecule has 5 unspecified atom stereocenters. The second-order valence-electron chi connectivity index (χ2n) is 11.7. The molecule has 0 amide bonds. The summed E-state index contributed by atoms with van der Waals surface area (Å²) in [6.07, 6.45) is -5.39. The van der Waals surface area contributed by atoms with Crippen LogP contribution in [0.2, 0.25) is 0 Å². The fourth-order valence-corrected chi connectivity index (χ4v) is 5.10. The van der Waals surface area contributed by atoms with E-state index in [4.69, 9.17) is 28.8 Å². The maximum absolute atomic E-state index is 12.3. The summed E-state index contributed by atoms with van der Waals surface area (Å²) in [4.78, 5) is 34.6. The van der Waals surface area contributed by atoms with Gasteiger partial charge in [-0.15, -0.1) is 0 Å². The van der Waals surface area contributed by atoms with Gasteiger partial charge in [0, 0.05) is 6.42 Å². The smallest absolute Gasteiger partial charge is 0.306 e. The molecule has 2 fully saturated rings. The number of rotatable bonds is 21. The number of unbranched alkanes of at least 4 members (excludes halogenated alkanes) is 10. The molecule has 15 nitrogen and oxygen atoms in total. The minimum absolute atomic E-state index is 0.162. The van der Waals surface area contributed by atoms with Gasteiger partial charge >= 0.3 is 17.9 Å². The van der Waals surface area contributed by atoms with Crippen LogP contribution in [0, 0.1) is 0 Å². The van der Waals surface area contributed by atoms with Crippen LogP contribution < -0.4 is 0 Å². The minimum Gasteiger partial charge on any atom is -0.481 e. The molecule has 262 valence electrons. The molecular formula is C30H52O15. The largest absolute Gasteiger partial charge is 0.481 e. The van der Waals surface area contributed by atoms with Gasteiger partial charge in [-0.2, -0.15) is 0 Å². The summed E-state index contributed by atoms with van der Waals surface area (Å²) in [5.74, 6) is -2.65. The lowest BCUT2D eigenvalue weighted by Crippen LogP contribution is -2.64. The van der Waals surface area contributed by atoms with Gasteiger partial charge in [-0.3, -0.25) is 14.4 Å². The highest BCUT2D eigenvalue weighted by molar-refractivity contribution is 5.76. The van der Waals surface area contributed by atoms with Crippen molar-refractivity contribution in [1.82, 2.24) is 0 Å². The highest BCUT2D eigenvalue weighted by Gasteiger charge is 2.50. The summed E-state index contributed by atoms with van der Waals surface area (Å²) < 4.78 is 26.5. The van der Waals surface area contributed by atoms with E-state index < -0.39 is 105 Å². The average molecular weight is 653 g/mol. The van der Waals surface area contributed by atoms with Crippen molar-refractivity contribution in [1.29, 1.82) is 0 Å². The molecule has 10 atom stereocenters. The molecule has 0 aliphatic carbocycles. The van der Waals surface area contributed by atoms with E-state index >= 15 is 0 Å². The molecule has 0 aromatic carbocycles. The van der Waals surface area contributed by atoms with E-state index in [1.54, 1.807) is 0 Å². The monoisotopic (exact) mass is 652 g/mol. The molecule has 2 aliphatic rings. The van der Waals surface area contributed by atoms with E-state index in [1.807, 2.05) is 0 Å². The lowest BCUT2D eigenvalue weighted by Gasteiger charge is -2.44. The molecule has 0 spiro atoms. The predicted octanol–water partition coefficient (Wildman–Crippen LogP) is 0.271. The Morgan fingerprint density at radius 1 is 0.533 bits per heavy atom. The standard InChI is InChI=1S/C30H52O15/c1-2-3-4-5-6-7-8-9-10-11-12-13-21(33)41-16-18-23(35)25(37)27(39)29(43-18)45-30-28(40)26(38)24(36)19(44-30)17-42-22(34)15-14-20(31)32/h18-19,23-30,35-40H,2-17H2,1H3,(H,31,32)/t18?,19?,23-,24+,25+,26?,27?,28?,29+,30+/m1/s1. The van der Waals surface area contributed by atoms with Gasteiger partial charge in [0.2, 0.25) is 0 Å². The molecule has 0 aromatic heterocycles. The van der Waals surface area contributed by atoms with Gasteiger partial charge in [0.25, 0.3) is 0 Å². The van der Waals surface area contributed by atoms with E-state index in [2.05, 4.69) is 6.92 Å². The Labute approximate surface area is 263 Å². The maximum Gasteiger partial charge on any atom is 0.306 e. The van der Waals surface area contributed by atoms with Crippen molar-refractivity contribution in [3.8, 4) is 0 Å². The first kappa shape index (κ1) is 39.2. The molecule has 2 aliphatic heterocycles. The van der Waals surface area contributed by atoms with E-state index in [-0.39, 0.29) is 6.42 Å². The molecule has 0 radical (unpaired) electrons. The van der Waals surface area contributed by atoms with Gasteiger partial charge in [-0.25, -0.2) is 0 Å². The van der Waals surface area contributed by atoms with Gasteiger partial charge in [-0.05, 0) is 6.42 Å². The molecule has 2 saturated heterocycles. The van der Waals surface area contributed by atoms with Crippen molar-refractivity contribution in [3.63, 3.8) is 0 Å². The van der Waals surface area contributed by atoms with Gasteiger partial charge in [-0.1, -0.05) is 71.1 Å². The third-order valence-electron chi connectivity index (χ3n) is 7.95. The van der Waals surface area contributed by atoms with Crippen LogP contribution in [0.3, 0.4) is 0 Å². The quantitative estimate of drug-likeness (QED) is 0.0650. The summed E-state index contributed by atoms with van der Waals surface area (Å²) >= 11 is 0. The molecule has 0 bridgehead atoms. The third kappa shape index (κ3) is 13.7. The number of hydrogen-bond donors (Lipinski definition) is 7. The zero-order valence-corrected chi connectivity index (χ0v) is 26.0. The van der Waals surface area contributed by atoms with Crippen molar-refractivity contribution in [2.45, 2.75) is 158 Å². The Balaban J connectivity index is 1.78. The highest BCUT2D eigenvalue weighted by Crippen LogP contribution is 2.28. The summed E-state index contributed by atoms with van der Waals surface area (Å²) in [5.41, 5.74) is 0. The number of carbonyl (C=O) groups is 3. The van der Waals surface area contributed by atoms with E-state index in [1.165, 1.54) is 44.9 Å². The van der Waals surface area contributed by atoms with Crippen molar-refractivity contribution < 1.29 is 73.8 Å². The van der Waals surface area contributed by atoms with Gasteiger partial charge in [0.15, 0.2) is 12.6 Å². The predicted molar refractivity (Wildman–Crippen MR) is 154 cm³/mol. The second-order valence-corrected chi connectivity index (χ2v) is 11.7. The van der Waals surface area contributed by atoms with Crippen LogP contribution in [0.1, 0.15) is 96.8 Å². The zero-order chi connectivity index (χ0) is 33.4. The van der Waals surface area contributed by atoms with Crippen molar-refractivity contribution in [3.05, 3.63) is 0 Å². The van der Waals surface area contributed by atoms with E-state index in [0.717, 1.165) is 19.3 Å².